The minimum absolute atomic E-state index is 0.0455. The number of nitrogens with one attached hydrogen (secondary N) is 1. The van der Waals surface area contributed by atoms with Crippen molar-refractivity contribution in [1.29, 1.82) is 0 Å². The van der Waals surface area contributed by atoms with Crippen molar-refractivity contribution in [3.05, 3.63) is 30.3 Å². The van der Waals surface area contributed by atoms with Crippen LogP contribution in [0.2, 0.25) is 0 Å². The fraction of sp³-hybridized carbons (Fsp3) is 0.500. The highest BCUT2D eigenvalue weighted by Gasteiger charge is 2.33. The van der Waals surface area contributed by atoms with Crippen LogP contribution in [0.3, 0.4) is 0 Å². The van der Waals surface area contributed by atoms with E-state index in [-0.39, 0.29) is 23.8 Å². The van der Waals surface area contributed by atoms with E-state index in [1.54, 1.807) is 4.90 Å². The highest BCUT2D eigenvalue weighted by molar-refractivity contribution is 5.96. The van der Waals surface area contributed by atoms with Crippen LogP contribution in [0.1, 0.15) is 32.1 Å². The van der Waals surface area contributed by atoms with E-state index in [0.717, 1.165) is 31.4 Å². The van der Waals surface area contributed by atoms with Gasteiger partial charge in [-0.05, 0) is 25.0 Å². The minimum Gasteiger partial charge on any atom is -0.351 e. The Morgan fingerprint density at radius 3 is 2.55 bits per heavy atom. The molecule has 1 saturated carbocycles. The van der Waals surface area contributed by atoms with E-state index in [2.05, 4.69) is 5.32 Å². The maximum absolute atomic E-state index is 12.1. The Kier molecular flexibility index (Phi) is 3.72. The fourth-order valence-electron chi connectivity index (χ4n) is 3.17. The number of anilines is 1. The smallest absolute Gasteiger partial charge is 0.229 e. The molecular formula is C16H20N2O2. The molecule has 1 atom stereocenters. The van der Waals surface area contributed by atoms with Crippen molar-refractivity contribution in [3.63, 3.8) is 0 Å². The van der Waals surface area contributed by atoms with Crippen LogP contribution in [-0.2, 0) is 9.59 Å². The molecule has 20 heavy (non-hydrogen) atoms. The third kappa shape index (κ3) is 2.69. The first-order valence-electron chi connectivity index (χ1n) is 7.40. The molecule has 2 aliphatic rings. The molecule has 1 heterocycles. The Bertz CT molecular complexity index is 494. The summed E-state index contributed by atoms with van der Waals surface area (Å²) in [4.78, 5) is 25.9. The third-order valence-electron chi connectivity index (χ3n) is 4.27. The number of hydrogen-bond acceptors (Lipinski definition) is 2. The molecule has 1 aromatic rings. The zero-order valence-corrected chi connectivity index (χ0v) is 11.5. The van der Waals surface area contributed by atoms with Gasteiger partial charge in [0.2, 0.25) is 11.8 Å². The summed E-state index contributed by atoms with van der Waals surface area (Å²) in [6, 6.07) is 9.59. The number of para-hydroxylation sites is 1. The molecule has 3 rings (SSSR count). The summed E-state index contributed by atoms with van der Waals surface area (Å²) in [5.41, 5.74) is 0.912. The van der Waals surface area contributed by atoms with Crippen molar-refractivity contribution in [3.8, 4) is 0 Å². The third-order valence-corrected chi connectivity index (χ3v) is 4.27. The van der Waals surface area contributed by atoms with Gasteiger partial charge in [0.1, 0.15) is 0 Å². The van der Waals surface area contributed by atoms with Crippen molar-refractivity contribution in [2.45, 2.75) is 38.1 Å². The SMILES string of the molecule is O=C(N[C@@H]1CC(=O)N(c2ccccc2)C1)C1CCCC1. The van der Waals surface area contributed by atoms with Gasteiger partial charge in [0.15, 0.2) is 0 Å². The number of carbonyl (C=O) groups is 2. The monoisotopic (exact) mass is 272 g/mol. The normalized spacial score (nSPS) is 23.3. The van der Waals surface area contributed by atoms with Gasteiger partial charge in [-0.1, -0.05) is 31.0 Å². The number of carbonyl (C=O) groups excluding carboxylic acids is 2. The first-order valence-corrected chi connectivity index (χ1v) is 7.40. The van der Waals surface area contributed by atoms with E-state index in [0.29, 0.717) is 13.0 Å². The number of amides is 2. The number of rotatable bonds is 3. The molecule has 1 N–H and O–H groups in total. The van der Waals surface area contributed by atoms with Gasteiger partial charge in [-0.15, -0.1) is 0 Å². The van der Waals surface area contributed by atoms with Crippen molar-refractivity contribution in [2.24, 2.45) is 5.92 Å². The first-order chi connectivity index (χ1) is 9.74. The van der Waals surface area contributed by atoms with E-state index in [1.165, 1.54) is 0 Å². The van der Waals surface area contributed by atoms with Gasteiger partial charge in [0, 0.05) is 24.6 Å². The Labute approximate surface area is 119 Å². The largest absolute Gasteiger partial charge is 0.351 e. The quantitative estimate of drug-likeness (QED) is 0.916. The molecule has 0 bridgehead atoms. The molecule has 2 amide bonds. The molecule has 0 unspecified atom stereocenters. The van der Waals surface area contributed by atoms with Crippen LogP contribution in [0.4, 0.5) is 5.69 Å². The van der Waals surface area contributed by atoms with Gasteiger partial charge < -0.3 is 10.2 Å². The molecular weight excluding hydrogens is 252 g/mol. The molecule has 1 aliphatic heterocycles. The topological polar surface area (TPSA) is 49.4 Å². The van der Waals surface area contributed by atoms with Crippen LogP contribution in [0.25, 0.3) is 0 Å². The van der Waals surface area contributed by atoms with Crippen molar-refractivity contribution >= 4 is 17.5 Å². The average molecular weight is 272 g/mol. The van der Waals surface area contributed by atoms with Gasteiger partial charge in [-0.3, -0.25) is 9.59 Å². The predicted octanol–water partition coefficient (Wildman–Crippen LogP) is 2.10. The zero-order chi connectivity index (χ0) is 13.9. The summed E-state index contributed by atoms with van der Waals surface area (Å²) in [6.07, 6.45) is 4.70. The molecule has 2 fully saturated rings. The van der Waals surface area contributed by atoms with Gasteiger partial charge in [-0.25, -0.2) is 0 Å². The highest BCUT2D eigenvalue weighted by atomic mass is 16.2. The second-order valence-corrected chi connectivity index (χ2v) is 5.73. The molecule has 0 spiro atoms. The van der Waals surface area contributed by atoms with Gasteiger partial charge in [-0.2, -0.15) is 0 Å². The fourth-order valence-corrected chi connectivity index (χ4v) is 3.17. The molecule has 0 radical (unpaired) electrons. The Hall–Kier alpha value is -1.84. The predicted molar refractivity (Wildman–Crippen MR) is 77.3 cm³/mol. The van der Waals surface area contributed by atoms with E-state index < -0.39 is 0 Å². The van der Waals surface area contributed by atoms with Crippen LogP contribution < -0.4 is 10.2 Å². The zero-order valence-electron chi connectivity index (χ0n) is 11.5. The van der Waals surface area contributed by atoms with Crippen LogP contribution in [0.5, 0.6) is 0 Å². The molecule has 1 saturated heterocycles. The second-order valence-electron chi connectivity index (χ2n) is 5.73. The maximum atomic E-state index is 12.1. The van der Waals surface area contributed by atoms with Gasteiger partial charge in [0.05, 0.1) is 6.04 Å². The van der Waals surface area contributed by atoms with Crippen LogP contribution >= 0.6 is 0 Å². The van der Waals surface area contributed by atoms with E-state index >= 15 is 0 Å². The van der Waals surface area contributed by atoms with Crippen LogP contribution in [0.15, 0.2) is 30.3 Å². The summed E-state index contributed by atoms with van der Waals surface area (Å²) in [5, 5.41) is 3.05. The first kappa shape index (κ1) is 13.2. The van der Waals surface area contributed by atoms with Gasteiger partial charge in [0.25, 0.3) is 0 Å². The van der Waals surface area contributed by atoms with Crippen LogP contribution in [0, 0.1) is 5.92 Å². The Morgan fingerprint density at radius 2 is 1.85 bits per heavy atom. The van der Waals surface area contributed by atoms with Crippen molar-refractivity contribution in [1.82, 2.24) is 5.32 Å². The van der Waals surface area contributed by atoms with Crippen LogP contribution in [-0.4, -0.2) is 24.4 Å². The number of hydrogen-bond donors (Lipinski definition) is 1. The molecule has 4 nitrogen and oxygen atoms in total. The summed E-state index contributed by atoms with van der Waals surface area (Å²) in [6.45, 7) is 0.585. The van der Waals surface area contributed by atoms with E-state index in [4.69, 9.17) is 0 Å². The minimum atomic E-state index is -0.0455. The Morgan fingerprint density at radius 1 is 1.15 bits per heavy atom. The summed E-state index contributed by atoms with van der Waals surface area (Å²) in [5.74, 6) is 0.388. The van der Waals surface area contributed by atoms with Gasteiger partial charge >= 0.3 is 0 Å². The van der Waals surface area contributed by atoms with E-state index in [1.807, 2.05) is 30.3 Å². The van der Waals surface area contributed by atoms with Crippen molar-refractivity contribution in [2.75, 3.05) is 11.4 Å². The lowest BCUT2D eigenvalue weighted by Gasteiger charge is -2.18. The molecule has 0 aromatic heterocycles. The number of nitrogens with zero attached hydrogens (tertiary/aromatic N) is 1. The lowest BCUT2D eigenvalue weighted by Crippen LogP contribution is -2.40. The maximum Gasteiger partial charge on any atom is 0.229 e. The standard InChI is InChI=1S/C16H20N2O2/c19-15-10-13(17-16(20)12-6-4-5-7-12)11-18(15)14-8-2-1-3-9-14/h1-3,8-9,12-13H,4-7,10-11H2,(H,17,20)/t13-/m1/s1. The Balaban J connectivity index is 1.60. The van der Waals surface area contributed by atoms with E-state index in [9.17, 15) is 9.59 Å². The summed E-state index contributed by atoms with van der Waals surface area (Å²) in [7, 11) is 0. The molecule has 1 aromatic carbocycles. The molecule has 1 aliphatic carbocycles. The second kappa shape index (κ2) is 5.65. The number of benzene rings is 1. The molecule has 106 valence electrons. The molecule has 4 heteroatoms. The highest BCUT2D eigenvalue weighted by Crippen LogP contribution is 2.26. The summed E-state index contributed by atoms with van der Waals surface area (Å²) < 4.78 is 0. The average Bonchev–Trinajstić information content (AvgIpc) is 3.09. The lowest BCUT2D eigenvalue weighted by molar-refractivity contribution is -0.125. The lowest BCUT2D eigenvalue weighted by atomic mass is 10.1. The van der Waals surface area contributed by atoms with Crippen molar-refractivity contribution < 1.29 is 9.59 Å². The summed E-state index contributed by atoms with van der Waals surface area (Å²) >= 11 is 0.